The number of ether oxygens (including phenoxy) is 5. The summed E-state index contributed by atoms with van der Waals surface area (Å²) in [5, 5.41) is 82.2. The van der Waals surface area contributed by atoms with Gasteiger partial charge in [-0.25, -0.2) is 0 Å². The molecule has 43 heavy (non-hydrogen) atoms. The van der Waals surface area contributed by atoms with Gasteiger partial charge >= 0.3 is 0 Å². The second-order valence-corrected chi connectivity index (χ2v) is 10.4. The van der Waals surface area contributed by atoms with E-state index in [2.05, 4.69) is 0 Å². The van der Waals surface area contributed by atoms with Crippen LogP contribution >= 0.6 is 0 Å². The molecule has 0 unspecified atom stereocenters. The van der Waals surface area contributed by atoms with Gasteiger partial charge in [0.05, 0.1) is 19.3 Å². The smallest absolute Gasteiger partial charge is 0.239 e. The van der Waals surface area contributed by atoms with Gasteiger partial charge in [-0.1, -0.05) is 0 Å². The lowest BCUT2D eigenvalue weighted by molar-refractivity contribution is -0.268. The van der Waals surface area contributed by atoms with Crippen LogP contribution in [0.2, 0.25) is 0 Å². The second-order valence-electron chi connectivity index (χ2n) is 10.4. The number of phenolic OH excluding ortho intramolecular Hbond substituents is 2. The summed E-state index contributed by atoms with van der Waals surface area (Å²) in [6, 6.07) is 7.20. The molecule has 2 aliphatic rings. The molecule has 2 aliphatic heterocycles. The molecule has 0 bridgehead atoms. The van der Waals surface area contributed by atoms with Crippen LogP contribution in [0.5, 0.6) is 28.7 Å². The Morgan fingerprint density at radius 3 is 1.79 bits per heavy atom. The largest absolute Gasteiger partial charge is 0.504 e. The fourth-order valence-electron chi connectivity index (χ4n) is 4.88. The third-order valence-corrected chi connectivity index (χ3v) is 7.50. The van der Waals surface area contributed by atoms with Gasteiger partial charge < -0.3 is 69.0 Å². The monoisotopic (exact) mass is 608 g/mol. The lowest BCUT2D eigenvalue weighted by atomic mass is 10.00. The highest BCUT2D eigenvalue weighted by Crippen LogP contribution is 2.44. The quantitative estimate of drug-likeness (QED) is 0.161. The summed E-state index contributed by atoms with van der Waals surface area (Å²) in [4.78, 5) is 13.8. The molecule has 3 heterocycles. The van der Waals surface area contributed by atoms with Crippen molar-refractivity contribution in [3.63, 3.8) is 0 Å². The van der Waals surface area contributed by atoms with Gasteiger partial charge in [0.25, 0.3) is 0 Å². The van der Waals surface area contributed by atoms with Gasteiger partial charge in [0.2, 0.25) is 29.5 Å². The SMILES string of the molecule is COc1ccc(-c2oc3cc(O[C@@H]4O[C@H](C)[C@H](O)[C@H](O)[C@H]4O)c(O)c(O)c3c(=O)c2O[C@@H]2O[C@@H](C)[C@H](O)[C@H](O)[C@@H]2O)cc1. The molecular formula is C28H32O15. The van der Waals surface area contributed by atoms with Gasteiger partial charge in [0, 0.05) is 11.6 Å². The van der Waals surface area contributed by atoms with Gasteiger partial charge in [-0.3, -0.25) is 4.79 Å². The van der Waals surface area contributed by atoms with Crippen LogP contribution in [0.3, 0.4) is 0 Å². The summed E-state index contributed by atoms with van der Waals surface area (Å²) in [5.41, 5.74) is -1.07. The van der Waals surface area contributed by atoms with Gasteiger partial charge in [0.1, 0.15) is 53.3 Å². The number of methoxy groups -OCH3 is 1. The molecule has 8 N–H and O–H groups in total. The van der Waals surface area contributed by atoms with Crippen molar-refractivity contribution in [1.29, 1.82) is 0 Å². The molecule has 0 radical (unpaired) electrons. The van der Waals surface area contributed by atoms with E-state index in [-0.39, 0.29) is 16.9 Å². The Bertz CT molecular complexity index is 1520. The second kappa shape index (κ2) is 11.8. The minimum atomic E-state index is -1.79. The van der Waals surface area contributed by atoms with E-state index in [9.17, 15) is 45.6 Å². The highest BCUT2D eigenvalue weighted by atomic mass is 16.7. The molecule has 0 amide bonds. The molecule has 234 valence electrons. The van der Waals surface area contributed by atoms with Crippen molar-refractivity contribution >= 4 is 11.0 Å². The number of aliphatic hydroxyl groups excluding tert-OH is 6. The number of phenols is 2. The first-order valence-corrected chi connectivity index (χ1v) is 13.3. The molecule has 5 rings (SSSR count). The lowest BCUT2D eigenvalue weighted by Gasteiger charge is -2.39. The Balaban J connectivity index is 1.63. The van der Waals surface area contributed by atoms with Crippen LogP contribution in [0.15, 0.2) is 39.5 Å². The number of benzene rings is 2. The van der Waals surface area contributed by atoms with Crippen molar-refractivity contribution in [1.82, 2.24) is 0 Å². The van der Waals surface area contributed by atoms with Crippen LogP contribution in [-0.4, -0.2) is 109 Å². The van der Waals surface area contributed by atoms with Crippen LogP contribution < -0.4 is 19.6 Å². The predicted octanol–water partition coefficient (Wildman–Crippen LogP) is -0.708. The highest BCUT2D eigenvalue weighted by molar-refractivity contribution is 5.91. The molecule has 15 heteroatoms. The minimum Gasteiger partial charge on any atom is -0.504 e. The van der Waals surface area contributed by atoms with Crippen molar-refractivity contribution in [2.24, 2.45) is 0 Å². The van der Waals surface area contributed by atoms with Crippen molar-refractivity contribution in [2.45, 2.75) is 75.3 Å². The zero-order valence-electron chi connectivity index (χ0n) is 23.1. The van der Waals surface area contributed by atoms with Crippen molar-refractivity contribution < 1.29 is 69.0 Å². The number of fused-ring (bicyclic) bond motifs is 1. The van der Waals surface area contributed by atoms with E-state index in [0.717, 1.165) is 6.07 Å². The maximum absolute atomic E-state index is 13.8. The van der Waals surface area contributed by atoms with Gasteiger partial charge in [-0.15, -0.1) is 0 Å². The predicted molar refractivity (Wildman–Crippen MR) is 144 cm³/mol. The van der Waals surface area contributed by atoms with E-state index >= 15 is 0 Å². The summed E-state index contributed by atoms with van der Waals surface area (Å²) in [5.74, 6) is -2.77. The molecule has 0 saturated carbocycles. The van der Waals surface area contributed by atoms with Crippen LogP contribution in [0.1, 0.15) is 13.8 Å². The molecule has 0 spiro atoms. The van der Waals surface area contributed by atoms with Crippen LogP contribution in [0, 0.1) is 0 Å². The molecule has 1 aromatic heterocycles. The van der Waals surface area contributed by atoms with Crippen LogP contribution in [0.4, 0.5) is 0 Å². The third-order valence-electron chi connectivity index (χ3n) is 7.50. The zero-order chi connectivity index (χ0) is 31.3. The maximum Gasteiger partial charge on any atom is 0.239 e. The molecule has 2 saturated heterocycles. The normalized spacial score (nSPS) is 32.9. The number of aliphatic hydroxyl groups is 6. The molecule has 15 nitrogen and oxygen atoms in total. The van der Waals surface area contributed by atoms with E-state index < -0.39 is 95.2 Å². The van der Waals surface area contributed by atoms with Gasteiger partial charge in [-0.05, 0) is 38.1 Å². The Kier molecular flexibility index (Phi) is 8.43. The van der Waals surface area contributed by atoms with E-state index in [4.69, 9.17) is 28.1 Å². The van der Waals surface area contributed by atoms with Crippen molar-refractivity contribution in [3.05, 3.63) is 40.6 Å². The topological polar surface area (TPSA) is 238 Å². The molecule has 2 aromatic carbocycles. The first kappa shape index (κ1) is 30.8. The van der Waals surface area contributed by atoms with E-state index in [0.29, 0.717) is 5.75 Å². The number of rotatable bonds is 6. The van der Waals surface area contributed by atoms with Crippen molar-refractivity contribution in [2.75, 3.05) is 7.11 Å². The lowest BCUT2D eigenvalue weighted by Crippen LogP contribution is -2.58. The first-order chi connectivity index (χ1) is 20.3. The van der Waals surface area contributed by atoms with E-state index in [1.165, 1.54) is 33.1 Å². The average Bonchev–Trinajstić information content (AvgIpc) is 2.99. The average molecular weight is 609 g/mol. The fraction of sp³-hybridized carbons (Fsp3) is 0.464. The fourth-order valence-corrected chi connectivity index (χ4v) is 4.88. The molecular weight excluding hydrogens is 576 g/mol. The number of hydrogen-bond acceptors (Lipinski definition) is 15. The van der Waals surface area contributed by atoms with E-state index in [1.807, 2.05) is 0 Å². The van der Waals surface area contributed by atoms with Crippen molar-refractivity contribution in [3.8, 4) is 40.1 Å². The molecule has 3 aromatic rings. The van der Waals surface area contributed by atoms with Crippen LogP contribution in [-0.2, 0) is 9.47 Å². The highest BCUT2D eigenvalue weighted by Gasteiger charge is 2.45. The zero-order valence-corrected chi connectivity index (χ0v) is 23.1. The summed E-state index contributed by atoms with van der Waals surface area (Å²) in [6.07, 6.45) is -15.0. The first-order valence-electron chi connectivity index (χ1n) is 13.3. The number of hydrogen-bond donors (Lipinski definition) is 8. The Morgan fingerprint density at radius 2 is 1.26 bits per heavy atom. The summed E-state index contributed by atoms with van der Waals surface area (Å²) in [6.45, 7) is 2.84. The molecule has 2 fully saturated rings. The summed E-state index contributed by atoms with van der Waals surface area (Å²) in [7, 11) is 1.45. The minimum absolute atomic E-state index is 0.221. The molecule has 0 aliphatic carbocycles. The maximum atomic E-state index is 13.8. The standard InChI is InChI=1S/C28H32O15/c1-9-16(29)21(34)23(36)27(39-9)42-14-8-13-15(19(32)18(14)31)20(33)26(25(41-13)11-4-6-12(38-3)7-5-11)43-28-24(37)22(35)17(30)10(2)40-28/h4-10,16-17,21-24,27-32,34-37H,1-3H3/t9-,10+,16+,17+,21+,22+,23-,24+,27+,28+/m1/s1. The Labute approximate surface area is 243 Å². The molecule has 10 atom stereocenters. The van der Waals surface area contributed by atoms with Crippen LogP contribution in [0.25, 0.3) is 22.3 Å². The summed E-state index contributed by atoms with van der Waals surface area (Å²) < 4.78 is 33.3. The van der Waals surface area contributed by atoms with Gasteiger partial charge in [-0.2, -0.15) is 0 Å². The summed E-state index contributed by atoms with van der Waals surface area (Å²) >= 11 is 0. The Hall–Kier alpha value is -3.67. The Morgan fingerprint density at radius 1 is 0.721 bits per heavy atom. The third kappa shape index (κ3) is 5.45. The number of aromatic hydroxyl groups is 2. The van der Waals surface area contributed by atoms with Gasteiger partial charge in [0.15, 0.2) is 17.3 Å². The van der Waals surface area contributed by atoms with E-state index in [1.54, 1.807) is 12.1 Å².